The first-order valence-corrected chi connectivity index (χ1v) is 28.1. The van der Waals surface area contributed by atoms with Crippen molar-refractivity contribution in [2.24, 2.45) is 0 Å². The molecular formula is C59H106O6. The molecule has 0 saturated carbocycles. The predicted octanol–water partition coefficient (Wildman–Crippen LogP) is 18.7. The quantitative estimate of drug-likeness (QED) is 0.0262. The van der Waals surface area contributed by atoms with Crippen LogP contribution in [0.25, 0.3) is 0 Å². The zero-order chi connectivity index (χ0) is 47.2. The average molecular weight is 911 g/mol. The number of hydrogen-bond donors (Lipinski definition) is 0. The lowest BCUT2D eigenvalue weighted by molar-refractivity contribution is -0.167. The summed E-state index contributed by atoms with van der Waals surface area (Å²) in [7, 11) is 0. The van der Waals surface area contributed by atoms with E-state index in [4.69, 9.17) is 14.2 Å². The van der Waals surface area contributed by atoms with Crippen LogP contribution in [-0.2, 0) is 28.6 Å². The van der Waals surface area contributed by atoms with Gasteiger partial charge < -0.3 is 14.2 Å². The molecule has 0 saturated heterocycles. The summed E-state index contributed by atoms with van der Waals surface area (Å²) in [5.41, 5.74) is 0. The highest BCUT2D eigenvalue weighted by atomic mass is 16.6. The second-order valence-electron chi connectivity index (χ2n) is 18.8. The standard InChI is InChI=1S/C59H106O6/c1-4-7-10-13-16-19-21-23-25-27-29-31-33-35-37-40-43-46-49-52-58(61)64-55-56(54-63-57(60)51-48-45-42-39-18-15-12-9-6-3)65-59(62)53-50-47-44-41-38-36-34-32-30-28-26-24-22-20-17-14-11-8-5-2/h7,10,16,19,23,25,29,31,56H,4-6,8-9,11-15,17-18,20-22,24,26-28,30,32-55H2,1-3H3/b10-7-,19-16-,25-23-,31-29-. The number of ether oxygens (including phenoxy) is 3. The van der Waals surface area contributed by atoms with Gasteiger partial charge in [-0.3, -0.25) is 14.4 Å². The second kappa shape index (κ2) is 54.0. The number of unbranched alkanes of at least 4 members (excludes halogenated alkanes) is 32. The summed E-state index contributed by atoms with van der Waals surface area (Å²) in [6, 6.07) is 0. The Morgan fingerprint density at radius 2 is 0.600 bits per heavy atom. The molecule has 0 bridgehead atoms. The number of hydrogen-bond acceptors (Lipinski definition) is 6. The third-order valence-electron chi connectivity index (χ3n) is 12.3. The molecule has 6 nitrogen and oxygen atoms in total. The monoisotopic (exact) mass is 911 g/mol. The largest absolute Gasteiger partial charge is 0.462 e. The maximum atomic E-state index is 12.8. The summed E-state index contributed by atoms with van der Waals surface area (Å²) in [5.74, 6) is -0.877. The van der Waals surface area contributed by atoms with E-state index in [1.807, 2.05) is 0 Å². The zero-order valence-electron chi connectivity index (χ0n) is 43.3. The van der Waals surface area contributed by atoms with Gasteiger partial charge in [0, 0.05) is 19.3 Å². The molecule has 65 heavy (non-hydrogen) atoms. The molecule has 1 atom stereocenters. The van der Waals surface area contributed by atoms with Crippen LogP contribution < -0.4 is 0 Å². The van der Waals surface area contributed by atoms with E-state index in [-0.39, 0.29) is 31.1 Å². The third kappa shape index (κ3) is 52.2. The second-order valence-corrected chi connectivity index (χ2v) is 18.8. The molecule has 6 heteroatoms. The van der Waals surface area contributed by atoms with E-state index >= 15 is 0 Å². The van der Waals surface area contributed by atoms with Crippen molar-refractivity contribution in [2.75, 3.05) is 13.2 Å². The van der Waals surface area contributed by atoms with Crippen LogP contribution in [0.15, 0.2) is 48.6 Å². The lowest BCUT2D eigenvalue weighted by Gasteiger charge is -2.18. The highest BCUT2D eigenvalue weighted by Crippen LogP contribution is 2.16. The van der Waals surface area contributed by atoms with E-state index < -0.39 is 6.10 Å². The summed E-state index contributed by atoms with van der Waals surface area (Å²) in [6.45, 7) is 6.53. The van der Waals surface area contributed by atoms with Gasteiger partial charge in [0.25, 0.3) is 0 Å². The SMILES string of the molecule is CC/C=C\C/C=C\C/C=C\C/C=C\CCCCCCCCC(=O)OCC(COC(=O)CCCCCCCCCCC)OC(=O)CCCCCCCCCCCCCCCCCCCCC. The van der Waals surface area contributed by atoms with Crippen LogP contribution in [0.1, 0.15) is 290 Å². The lowest BCUT2D eigenvalue weighted by atomic mass is 10.0. The molecule has 0 heterocycles. The van der Waals surface area contributed by atoms with Crippen molar-refractivity contribution in [3.05, 3.63) is 48.6 Å². The van der Waals surface area contributed by atoms with Crippen molar-refractivity contribution in [1.29, 1.82) is 0 Å². The van der Waals surface area contributed by atoms with Crippen molar-refractivity contribution in [1.82, 2.24) is 0 Å². The molecule has 0 aromatic heterocycles. The van der Waals surface area contributed by atoms with Crippen LogP contribution in [-0.4, -0.2) is 37.2 Å². The third-order valence-corrected chi connectivity index (χ3v) is 12.3. The Morgan fingerprint density at radius 3 is 0.938 bits per heavy atom. The number of carbonyl (C=O) groups excluding carboxylic acids is 3. The van der Waals surface area contributed by atoms with Crippen LogP contribution in [0.4, 0.5) is 0 Å². The van der Waals surface area contributed by atoms with Crippen LogP contribution >= 0.6 is 0 Å². The minimum Gasteiger partial charge on any atom is -0.462 e. The molecule has 378 valence electrons. The van der Waals surface area contributed by atoms with Crippen molar-refractivity contribution in [3.63, 3.8) is 0 Å². The summed E-state index contributed by atoms with van der Waals surface area (Å²) < 4.78 is 16.8. The summed E-state index contributed by atoms with van der Waals surface area (Å²) in [4.78, 5) is 38.0. The van der Waals surface area contributed by atoms with E-state index in [1.54, 1.807) is 0 Å². The minimum atomic E-state index is -0.774. The van der Waals surface area contributed by atoms with Gasteiger partial charge in [0.2, 0.25) is 0 Å². The smallest absolute Gasteiger partial charge is 0.306 e. The number of carbonyl (C=O) groups is 3. The molecule has 1 unspecified atom stereocenters. The highest BCUT2D eigenvalue weighted by molar-refractivity contribution is 5.71. The Bertz CT molecular complexity index is 1140. The van der Waals surface area contributed by atoms with Gasteiger partial charge in [-0.2, -0.15) is 0 Å². The van der Waals surface area contributed by atoms with Crippen molar-refractivity contribution >= 4 is 17.9 Å². The van der Waals surface area contributed by atoms with Gasteiger partial charge in [-0.1, -0.05) is 262 Å². The maximum Gasteiger partial charge on any atom is 0.306 e. The zero-order valence-corrected chi connectivity index (χ0v) is 43.3. The molecule has 0 radical (unpaired) electrons. The Kier molecular flexibility index (Phi) is 51.8. The van der Waals surface area contributed by atoms with Gasteiger partial charge in [0.1, 0.15) is 13.2 Å². The lowest BCUT2D eigenvalue weighted by Crippen LogP contribution is -2.30. The van der Waals surface area contributed by atoms with Crippen molar-refractivity contribution < 1.29 is 28.6 Å². The molecule has 0 aliphatic carbocycles. The Labute approximate surface area is 403 Å². The summed E-state index contributed by atoms with van der Waals surface area (Å²) >= 11 is 0. The number of rotatable bonds is 51. The molecule has 0 fully saturated rings. The van der Waals surface area contributed by atoms with Gasteiger partial charge >= 0.3 is 17.9 Å². The molecule has 0 aliphatic heterocycles. The normalized spacial score (nSPS) is 12.4. The molecule has 0 amide bonds. The van der Waals surface area contributed by atoms with E-state index in [0.717, 1.165) is 89.9 Å². The van der Waals surface area contributed by atoms with Crippen molar-refractivity contribution in [3.8, 4) is 0 Å². The molecule has 0 rings (SSSR count). The van der Waals surface area contributed by atoms with Crippen LogP contribution in [0.5, 0.6) is 0 Å². The molecule has 0 spiro atoms. The van der Waals surface area contributed by atoms with Gasteiger partial charge in [-0.25, -0.2) is 0 Å². The van der Waals surface area contributed by atoms with Crippen LogP contribution in [0, 0.1) is 0 Å². The Balaban J connectivity index is 4.28. The first-order chi connectivity index (χ1) is 32.0. The van der Waals surface area contributed by atoms with Gasteiger partial charge in [-0.15, -0.1) is 0 Å². The summed E-state index contributed by atoms with van der Waals surface area (Å²) in [6.07, 6.45) is 65.4. The molecule has 0 aliphatic rings. The van der Waals surface area contributed by atoms with Crippen LogP contribution in [0.3, 0.4) is 0 Å². The van der Waals surface area contributed by atoms with E-state index in [9.17, 15) is 14.4 Å². The molecule has 0 N–H and O–H groups in total. The number of esters is 3. The van der Waals surface area contributed by atoms with Crippen molar-refractivity contribution in [2.45, 2.75) is 297 Å². The minimum absolute atomic E-state index is 0.0740. The van der Waals surface area contributed by atoms with Gasteiger partial charge in [-0.05, 0) is 57.8 Å². The van der Waals surface area contributed by atoms with E-state index in [1.165, 1.54) is 161 Å². The molecule has 0 aromatic carbocycles. The van der Waals surface area contributed by atoms with Crippen LogP contribution in [0.2, 0.25) is 0 Å². The fourth-order valence-electron chi connectivity index (χ4n) is 8.14. The fourth-order valence-corrected chi connectivity index (χ4v) is 8.14. The first kappa shape index (κ1) is 62.4. The van der Waals surface area contributed by atoms with Gasteiger partial charge in [0.15, 0.2) is 6.10 Å². The summed E-state index contributed by atoms with van der Waals surface area (Å²) in [5, 5.41) is 0. The topological polar surface area (TPSA) is 78.9 Å². The Hall–Kier alpha value is -2.63. The fraction of sp³-hybridized carbons (Fsp3) is 0.814. The predicted molar refractivity (Wildman–Crippen MR) is 279 cm³/mol. The van der Waals surface area contributed by atoms with Gasteiger partial charge in [0.05, 0.1) is 0 Å². The van der Waals surface area contributed by atoms with E-state index in [0.29, 0.717) is 19.3 Å². The Morgan fingerprint density at radius 1 is 0.323 bits per heavy atom. The highest BCUT2D eigenvalue weighted by Gasteiger charge is 2.19. The maximum absolute atomic E-state index is 12.8. The molecular weight excluding hydrogens is 805 g/mol. The number of allylic oxidation sites excluding steroid dienone is 8. The molecule has 0 aromatic rings. The van der Waals surface area contributed by atoms with E-state index in [2.05, 4.69) is 69.4 Å². The average Bonchev–Trinajstić information content (AvgIpc) is 3.30. The first-order valence-electron chi connectivity index (χ1n) is 28.1.